The molecule has 1 aliphatic carbocycles. The molecule has 6 heteroatoms. The molecule has 1 atom stereocenters. The number of morpholine rings is 1. The first-order chi connectivity index (χ1) is 13.5. The molecule has 0 spiro atoms. The van der Waals surface area contributed by atoms with Gasteiger partial charge < -0.3 is 15.0 Å². The number of nitrogens with one attached hydrogen (secondary N) is 1. The Labute approximate surface area is 169 Å². The SMILES string of the molecule is Cc1cccc(NC(=O)[C@H]2CCc3sc(C(=O)N4CCOCC4)cc3C2)c1C. The van der Waals surface area contributed by atoms with Crippen molar-refractivity contribution < 1.29 is 14.3 Å². The second kappa shape index (κ2) is 8.05. The minimum Gasteiger partial charge on any atom is -0.378 e. The number of fused-ring (bicyclic) bond motifs is 1. The number of rotatable bonds is 3. The van der Waals surface area contributed by atoms with E-state index in [9.17, 15) is 9.59 Å². The van der Waals surface area contributed by atoms with Crippen LogP contribution >= 0.6 is 11.3 Å². The van der Waals surface area contributed by atoms with Gasteiger partial charge in [-0.15, -0.1) is 11.3 Å². The second-order valence-corrected chi connectivity index (χ2v) is 8.78. The predicted molar refractivity (Wildman–Crippen MR) is 111 cm³/mol. The quantitative estimate of drug-likeness (QED) is 0.860. The Kier molecular flexibility index (Phi) is 5.51. The molecule has 2 aromatic rings. The third kappa shape index (κ3) is 3.84. The van der Waals surface area contributed by atoms with Crippen LogP contribution in [0.25, 0.3) is 0 Å². The summed E-state index contributed by atoms with van der Waals surface area (Å²) in [5, 5.41) is 3.11. The number of carbonyl (C=O) groups excluding carboxylic acids is 2. The number of thiophene rings is 1. The van der Waals surface area contributed by atoms with E-state index in [0.29, 0.717) is 32.7 Å². The first-order valence-electron chi connectivity index (χ1n) is 9.88. The van der Waals surface area contributed by atoms with E-state index in [0.717, 1.165) is 34.5 Å². The van der Waals surface area contributed by atoms with E-state index in [1.165, 1.54) is 10.4 Å². The molecule has 1 aromatic heterocycles. The zero-order valence-corrected chi connectivity index (χ0v) is 17.2. The highest BCUT2D eigenvalue weighted by molar-refractivity contribution is 7.14. The van der Waals surface area contributed by atoms with Gasteiger partial charge in [0.05, 0.1) is 18.1 Å². The standard InChI is InChI=1S/C22H26N2O3S/c1-14-4-3-5-18(15(14)2)23-21(25)16-6-7-19-17(12-16)13-20(28-19)22(26)24-8-10-27-11-9-24/h3-5,13,16H,6-12H2,1-2H3,(H,23,25)/t16-/m0/s1. The van der Waals surface area contributed by atoms with Crippen molar-refractivity contribution in [1.29, 1.82) is 0 Å². The maximum absolute atomic E-state index is 12.8. The summed E-state index contributed by atoms with van der Waals surface area (Å²) in [7, 11) is 0. The molecule has 2 aliphatic rings. The van der Waals surface area contributed by atoms with Gasteiger partial charge in [-0.2, -0.15) is 0 Å². The number of hydrogen-bond donors (Lipinski definition) is 1. The smallest absolute Gasteiger partial charge is 0.264 e. The molecule has 1 aromatic carbocycles. The molecule has 0 unspecified atom stereocenters. The molecule has 1 fully saturated rings. The first kappa shape index (κ1) is 19.2. The fraction of sp³-hybridized carbons (Fsp3) is 0.455. The van der Waals surface area contributed by atoms with Gasteiger partial charge in [0.25, 0.3) is 5.91 Å². The van der Waals surface area contributed by atoms with Gasteiger partial charge in [-0.05, 0) is 61.9 Å². The average Bonchev–Trinajstić information content (AvgIpc) is 3.15. The Bertz CT molecular complexity index is 899. The summed E-state index contributed by atoms with van der Waals surface area (Å²) in [6.07, 6.45) is 2.40. The number of ether oxygens (including phenoxy) is 1. The molecule has 0 saturated carbocycles. The van der Waals surface area contributed by atoms with Gasteiger partial charge in [0.2, 0.25) is 5.91 Å². The summed E-state index contributed by atoms with van der Waals surface area (Å²) in [5.74, 6) is 0.124. The van der Waals surface area contributed by atoms with Crippen molar-refractivity contribution in [2.45, 2.75) is 33.1 Å². The highest BCUT2D eigenvalue weighted by atomic mass is 32.1. The fourth-order valence-electron chi connectivity index (χ4n) is 3.90. The van der Waals surface area contributed by atoms with Crippen LogP contribution in [0.2, 0.25) is 0 Å². The number of nitrogens with zero attached hydrogens (tertiary/aromatic N) is 1. The monoisotopic (exact) mass is 398 g/mol. The van der Waals surface area contributed by atoms with E-state index in [2.05, 4.69) is 18.3 Å². The van der Waals surface area contributed by atoms with Gasteiger partial charge >= 0.3 is 0 Å². The second-order valence-electron chi connectivity index (χ2n) is 7.64. The van der Waals surface area contributed by atoms with Crippen LogP contribution < -0.4 is 5.32 Å². The summed E-state index contributed by atoms with van der Waals surface area (Å²) in [6.45, 7) is 6.61. The van der Waals surface area contributed by atoms with E-state index in [-0.39, 0.29) is 17.7 Å². The van der Waals surface area contributed by atoms with E-state index >= 15 is 0 Å². The number of benzene rings is 1. The minimum absolute atomic E-state index is 0.0478. The number of carbonyl (C=O) groups is 2. The number of amides is 2. The van der Waals surface area contributed by atoms with Crippen molar-refractivity contribution in [2.24, 2.45) is 5.92 Å². The van der Waals surface area contributed by atoms with E-state index in [1.807, 2.05) is 30.0 Å². The number of hydrogen-bond acceptors (Lipinski definition) is 4. The van der Waals surface area contributed by atoms with Gasteiger partial charge in [0, 0.05) is 29.6 Å². The van der Waals surface area contributed by atoms with Crippen LogP contribution in [0.15, 0.2) is 24.3 Å². The summed E-state index contributed by atoms with van der Waals surface area (Å²) in [4.78, 5) is 29.5. The zero-order chi connectivity index (χ0) is 19.7. The van der Waals surface area contributed by atoms with Gasteiger partial charge in [0.1, 0.15) is 0 Å². The molecule has 4 rings (SSSR count). The lowest BCUT2D eigenvalue weighted by Crippen LogP contribution is -2.40. The molecule has 1 aliphatic heterocycles. The highest BCUT2D eigenvalue weighted by Crippen LogP contribution is 2.34. The van der Waals surface area contributed by atoms with Crippen molar-refractivity contribution in [3.63, 3.8) is 0 Å². The van der Waals surface area contributed by atoms with Crippen LogP contribution in [-0.2, 0) is 22.4 Å². The molecular formula is C22H26N2O3S. The van der Waals surface area contributed by atoms with Gasteiger partial charge in [-0.3, -0.25) is 9.59 Å². The normalized spacial score (nSPS) is 19.2. The van der Waals surface area contributed by atoms with E-state index in [1.54, 1.807) is 11.3 Å². The fourth-order valence-corrected chi connectivity index (χ4v) is 5.07. The van der Waals surface area contributed by atoms with Crippen molar-refractivity contribution in [3.05, 3.63) is 50.7 Å². The molecule has 0 bridgehead atoms. The number of anilines is 1. The van der Waals surface area contributed by atoms with Gasteiger partial charge in [-0.1, -0.05) is 12.1 Å². The van der Waals surface area contributed by atoms with Crippen LogP contribution in [0, 0.1) is 19.8 Å². The van der Waals surface area contributed by atoms with Crippen LogP contribution in [0.1, 0.15) is 37.7 Å². The molecule has 1 saturated heterocycles. The molecule has 148 valence electrons. The molecule has 2 amide bonds. The first-order valence-corrected chi connectivity index (χ1v) is 10.7. The van der Waals surface area contributed by atoms with Crippen molar-refractivity contribution in [3.8, 4) is 0 Å². The predicted octanol–water partition coefficient (Wildman–Crippen LogP) is 3.58. The number of aryl methyl sites for hydroxylation is 2. The largest absolute Gasteiger partial charge is 0.378 e. The zero-order valence-electron chi connectivity index (χ0n) is 16.4. The summed E-state index contributed by atoms with van der Waals surface area (Å²) in [6, 6.07) is 7.99. The van der Waals surface area contributed by atoms with Crippen molar-refractivity contribution in [1.82, 2.24) is 4.90 Å². The third-order valence-electron chi connectivity index (χ3n) is 5.83. The third-order valence-corrected chi connectivity index (χ3v) is 7.05. The lowest BCUT2D eigenvalue weighted by Gasteiger charge is -2.26. The summed E-state index contributed by atoms with van der Waals surface area (Å²) in [5.41, 5.74) is 4.34. The minimum atomic E-state index is -0.0478. The van der Waals surface area contributed by atoms with Crippen molar-refractivity contribution in [2.75, 3.05) is 31.6 Å². The Morgan fingerprint density at radius 1 is 1.21 bits per heavy atom. The summed E-state index contributed by atoms with van der Waals surface area (Å²) >= 11 is 1.60. The molecule has 28 heavy (non-hydrogen) atoms. The molecule has 0 radical (unpaired) electrons. The topological polar surface area (TPSA) is 58.6 Å². The molecule has 1 N–H and O–H groups in total. The van der Waals surface area contributed by atoms with E-state index < -0.39 is 0 Å². The maximum atomic E-state index is 12.8. The van der Waals surface area contributed by atoms with Gasteiger partial charge in [0.15, 0.2) is 0 Å². The molecule has 2 heterocycles. The maximum Gasteiger partial charge on any atom is 0.264 e. The van der Waals surface area contributed by atoms with Gasteiger partial charge in [-0.25, -0.2) is 0 Å². The van der Waals surface area contributed by atoms with Crippen LogP contribution in [0.5, 0.6) is 0 Å². The average molecular weight is 399 g/mol. The molecular weight excluding hydrogens is 372 g/mol. The highest BCUT2D eigenvalue weighted by Gasteiger charge is 2.29. The molecule has 5 nitrogen and oxygen atoms in total. The van der Waals surface area contributed by atoms with Crippen molar-refractivity contribution >= 4 is 28.8 Å². The Hall–Kier alpha value is -2.18. The van der Waals surface area contributed by atoms with Crippen LogP contribution in [0.4, 0.5) is 5.69 Å². The lowest BCUT2D eigenvalue weighted by atomic mass is 9.87. The Balaban J connectivity index is 1.44. The lowest BCUT2D eigenvalue weighted by molar-refractivity contribution is -0.120. The van der Waals surface area contributed by atoms with Crippen LogP contribution in [0.3, 0.4) is 0 Å². The summed E-state index contributed by atoms with van der Waals surface area (Å²) < 4.78 is 5.34. The van der Waals surface area contributed by atoms with E-state index in [4.69, 9.17) is 4.74 Å². The Morgan fingerprint density at radius 2 is 2.00 bits per heavy atom. The van der Waals surface area contributed by atoms with Crippen LogP contribution in [-0.4, -0.2) is 43.0 Å². The Morgan fingerprint density at radius 3 is 2.79 bits per heavy atom.